The number of aromatic nitrogens is 4. The zero-order chi connectivity index (χ0) is 18.1. The van der Waals surface area contributed by atoms with Gasteiger partial charge in [0.15, 0.2) is 5.65 Å². The van der Waals surface area contributed by atoms with E-state index in [0.717, 1.165) is 30.5 Å². The summed E-state index contributed by atoms with van der Waals surface area (Å²) in [7, 11) is 1.82. The molecule has 1 aliphatic heterocycles. The van der Waals surface area contributed by atoms with Gasteiger partial charge in [-0.2, -0.15) is 15.1 Å². The summed E-state index contributed by atoms with van der Waals surface area (Å²) in [5, 5.41) is 7.91. The van der Waals surface area contributed by atoms with Gasteiger partial charge in [-0.1, -0.05) is 18.2 Å². The minimum Gasteiger partial charge on any atom is -0.383 e. The van der Waals surface area contributed by atoms with Gasteiger partial charge in [0.05, 0.1) is 17.5 Å². The Morgan fingerprint density at radius 3 is 2.88 bits per heavy atom. The number of piperidine rings is 1. The summed E-state index contributed by atoms with van der Waals surface area (Å²) in [5.74, 6) is 0.872. The van der Waals surface area contributed by atoms with Gasteiger partial charge >= 0.3 is 0 Å². The zero-order valence-corrected chi connectivity index (χ0v) is 14.6. The number of nitrogens with zero attached hydrogens (tertiary/aromatic N) is 5. The quantitative estimate of drug-likeness (QED) is 0.746. The fourth-order valence-electron chi connectivity index (χ4n) is 3.31. The van der Waals surface area contributed by atoms with Crippen molar-refractivity contribution in [2.24, 2.45) is 13.0 Å². The van der Waals surface area contributed by atoms with Crippen LogP contribution in [-0.2, 0) is 11.8 Å². The summed E-state index contributed by atoms with van der Waals surface area (Å²) in [6, 6.07) is 9.51. The number of nitrogens with two attached hydrogens (primary N) is 1. The largest absolute Gasteiger partial charge is 0.383 e. The predicted octanol–water partition coefficient (Wildman–Crippen LogP) is 1.80. The number of para-hydroxylation sites is 1. The maximum Gasteiger partial charge on any atom is 0.229 e. The number of carbonyl (C=O) groups is 1. The van der Waals surface area contributed by atoms with E-state index in [-0.39, 0.29) is 11.8 Å². The molecule has 0 aliphatic carbocycles. The van der Waals surface area contributed by atoms with E-state index in [1.54, 1.807) is 10.9 Å². The fraction of sp³-hybridized carbons (Fsp3) is 0.333. The second-order valence-electron chi connectivity index (χ2n) is 6.55. The van der Waals surface area contributed by atoms with Crippen molar-refractivity contribution in [3.8, 4) is 0 Å². The number of rotatable bonds is 3. The summed E-state index contributed by atoms with van der Waals surface area (Å²) in [6.07, 6.45) is 3.42. The maximum absolute atomic E-state index is 12.6. The molecule has 1 aromatic carbocycles. The van der Waals surface area contributed by atoms with Crippen LogP contribution in [0.5, 0.6) is 0 Å². The van der Waals surface area contributed by atoms with Crippen molar-refractivity contribution >= 4 is 34.4 Å². The highest BCUT2D eigenvalue weighted by Gasteiger charge is 2.28. The molecule has 3 aromatic rings. The number of carbonyl (C=O) groups excluding carboxylic acids is 1. The van der Waals surface area contributed by atoms with E-state index in [9.17, 15) is 4.79 Å². The van der Waals surface area contributed by atoms with Crippen LogP contribution < -0.4 is 16.0 Å². The van der Waals surface area contributed by atoms with Crippen molar-refractivity contribution in [3.63, 3.8) is 0 Å². The van der Waals surface area contributed by atoms with Gasteiger partial charge in [-0.05, 0) is 25.0 Å². The predicted molar refractivity (Wildman–Crippen MR) is 101 cm³/mol. The Hall–Kier alpha value is -3.16. The van der Waals surface area contributed by atoms with Crippen LogP contribution in [0.25, 0.3) is 11.0 Å². The van der Waals surface area contributed by atoms with Crippen molar-refractivity contribution < 1.29 is 4.79 Å². The first-order chi connectivity index (χ1) is 12.6. The average Bonchev–Trinajstić information content (AvgIpc) is 3.04. The van der Waals surface area contributed by atoms with Crippen LogP contribution in [0.4, 0.5) is 17.5 Å². The molecule has 0 radical (unpaired) electrons. The van der Waals surface area contributed by atoms with Gasteiger partial charge in [-0.3, -0.25) is 9.48 Å². The van der Waals surface area contributed by atoms with E-state index >= 15 is 0 Å². The number of nitrogens with one attached hydrogen (secondary N) is 1. The van der Waals surface area contributed by atoms with Gasteiger partial charge in [0.25, 0.3) is 0 Å². The van der Waals surface area contributed by atoms with Gasteiger partial charge in [-0.25, -0.2) is 0 Å². The molecule has 8 heteroatoms. The molecule has 1 atom stereocenters. The van der Waals surface area contributed by atoms with E-state index < -0.39 is 0 Å². The molecule has 3 heterocycles. The molecule has 134 valence electrons. The highest BCUT2D eigenvalue weighted by atomic mass is 16.1. The Bertz CT molecular complexity index is 937. The van der Waals surface area contributed by atoms with Gasteiger partial charge < -0.3 is 16.0 Å². The van der Waals surface area contributed by atoms with E-state index in [4.69, 9.17) is 5.73 Å². The molecule has 1 unspecified atom stereocenters. The molecule has 1 amide bonds. The Labute approximate surface area is 151 Å². The molecule has 0 spiro atoms. The lowest BCUT2D eigenvalue weighted by Crippen LogP contribution is -2.41. The average molecular weight is 351 g/mol. The summed E-state index contributed by atoms with van der Waals surface area (Å²) in [5.41, 5.74) is 7.57. The maximum atomic E-state index is 12.6. The van der Waals surface area contributed by atoms with Crippen LogP contribution in [0.1, 0.15) is 12.8 Å². The van der Waals surface area contributed by atoms with Crippen molar-refractivity contribution in [1.29, 1.82) is 0 Å². The molecule has 4 rings (SSSR count). The molecule has 8 nitrogen and oxygen atoms in total. The first-order valence-electron chi connectivity index (χ1n) is 8.68. The number of aryl methyl sites for hydroxylation is 1. The Morgan fingerprint density at radius 1 is 1.27 bits per heavy atom. The van der Waals surface area contributed by atoms with E-state index in [0.29, 0.717) is 24.0 Å². The highest BCUT2D eigenvalue weighted by Crippen LogP contribution is 2.25. The van der Waals surface area contributed by atoms with Gasteiger partial charge in [0.2, 0.25) is 11.9 Å². The summed E-state index contributed by atoms with van der Waals surface area (Å²) >= 11 is 0. The third kappa shape index (κ3) is 3.05. The number of benzene rings is 1. The standard InChI is InChI=1S/C18H21N7O/c1-24-16-14(10-20-24)15(19)22-18(23-16)25-9-5-6-12(11-25)17(26)21-13-7-3-2-4-8-13/h2-4,7-8,10,12H,5-6,9,11H2,1H3,(H,21,26)(H2,19,22,23). The number of anilines is 3. The SMILES string of the molecule is Cn1ncc2c(N)nc(N3CCCC(C(=O)Nc4ccccc4)C3)nc21. The first-order valence-corrected chi connectivity index (χ1v) is 8.68. The van der Waals surface area contributed by atoms with Crippen LogP contribution in [0.2, 0.25) is 0 Å². The number of amides is 1. The van der Waals surface area contributed by atoms with Crippen LogP contribution >= 0.6 is 0 Å². The topological polar surface area (TPSA) is 102 Å². The minimum absolute atomic E-state index is 0.0236. The second-order valence-corrected chi connectivity index (χ2v) is 6.55. The summed E-state index contributed by atoms with van der Waals surface area (Å²) in [4.78, 5) is 23.7. The van der Waals surface area contributed by atoms with Gasteiger partial charge in [0.1, 0.15) is 5.82 Å². The number of hydrogen-bond acceptors (Lipinski definition) is 6. The summed E-state index contributed by atoms with van der Waals surface area (Å²) in [6.45, 7) is 1.37. The smallest absolute Gasteiger partial charge is 0.229 e. The Morgan fingerprint density at radius 2 is 2.08 bits per heavy atom. The molecule has 2 aromatic heterocycles. The van der Waals surface area contributed by atoms with Crippen molar-refractivity contribution in [2.75, 3.05) is 29.0 Å². The van der Waals surface area contributed by atoms with Crippen molar-refractivity contribution in [3.05, 3.63) is 36.5 Å². The van der Waals surface area contributed by atoms with E-state index in [2.05, 4.69) is 20.4 Å². The monoisotopic (exact) mass is 351 g/mol. The third-order valence-electron chi connectivity index (χ3n) is 4.73. The van der Waals surface area contributed by atoms with Gasteiger partial charge in [0, 0.05) is 25.8 Å². The molecule has 0 saturated carbocycles. The summed E-state index contributed by atoms with van der Waals surface area (Å²) < 4.78 is 1.68. The molecular weight excluding hydrogens is 330 g/mol. The molecule has 1 aliphatic rings. The van der Waals surface area contributed by atoms with Gasteiger partial charge in [-0.15, -0.1) is 0 Å². The van der Waals surface area contributed by atoms with Crippen LogP contribution in [0.15, 0.2) is 36.5 Å². The zero-order valence-electron chi connectivity index (χ0n) is 14.6. The number of fused-ring (bicyclic) bond motifs is 1. The number of nitrogen functional groups attached to an aromatic ring is 1. The first kappa shape index (κ1) is 16.3. The third-order valence-corrected chi connectivity index (χ3v) is 4.73. The fourth-order valence-corrected chi connectivity index (χ4v) is 3.31. The van der Waals surface area contributed by atoms with Crippen molar-refractivity contribution in [1.82, 2.24) is 19.7 Å². The molecule has 0 bridgehead atoms. The van der Waals surface area contributed by atoms with Crippen LogP contribution in [0.3, 0.4) is 0 Å². The lowest BCUT2D eigenvalue weighted by Gasteiger charge is -2.32. The van der Waals surface area contributed by atoms with E-state index in [1.807, 2.05) is 42.3 Å². The highest BCUT2D eigenvalue weighted by molar-refractivity contribution is 5.93. The Balaban J connectivity index is 1.53. The second kappa shape index (κ2) is 6.62. The minimum atomic E-state index is -0.115. The van der Waals surface area contributed by atoms with Crippen LogP contribution in [0, 0.1) is 5.92 Å². The lowest BCUT2D eigenvalue weighted by atomic mass is 9.97. The normalized spacial score (nSPS) is 17.4. The molecule has 26 heavy (non-hydrogen) atoms. The molecule has 1 saturated heterocycles. The molecule has 1 fully saturated rings. The van der Waals surface area contributed by atoms with Crippen molar-refractivity contribution in [2.45, 2.75) is 12.8 Å². The lowest BCUT2D eigenvalue weighted by molar-refractivity contribution is -0.120. The Kier molecular flexibility index (Phi) is 4.16. The molecular formula is C18H21N7O. The van der Waals surface area contributed by atoms with E-state index in [1.165, 1.54) is 0 Å². The molecule has 3 N–H and O–H groups in total. The number of hydrogen-bond donors (Lipinski definition) is 2. The van der Waals surface area contributed by atoms with Crippen LogP contribution in [-0.4, -0.2) is 38.7 Å².